The van der Waals surface area contributed by atoms with Crippen molar-refractivity contribution in [1.82, 2.24) is 19.8 Å². The lowest BCUT2D eigenvalue weighted by atomic mass is 9.96. The van der Waals surface area contributed by atoms with Gasteiger partial charge in [0.1, 0.15) is 0 Å². The van der Waals surface area contributed by atoms with Gasteiger partial charge in [0.05, 0.1) is 23.5 Å². The topological polar surface area (TPSA) is 33.1 Å². The van der Waals surface area contributed by atoms with E-state index in [1.54, 1.807) is 0 Å². The molecule has 6 heteroatoms. The van der Waals surface area contributed by atoms with E-state index in [1.807, 2.05) is 24.4 Å². The summed E-state index contributed by atoms with van der Waals surface area (Å²) in [5, 5.41) is 4.38. The monoisotopic (exact) mass is 482 g/mol. The molecule has 2 aromatic heterocycles. The maximum atomic E-state index is 5.78. The van der Waals surface area contributed by atoms with Crippen LogP contribution in [0.5, 0.6) is 0 Å². The van der Waals surface area contributed by atoms with Crippen LogP contribution in [0.15, 0.2) is 59.2 Å². The molecule has 4 rings (SSSR count). The highest BCUT2D eigenvalue weighted by Crippen LogP contribution is 2.41. The van der Waals surface area contributed by atoms with Crippen molar-refractivity contribution in [2.75, 3.05) is 6.54 Å². The molecule has 0 spiro atoms. The van der Waals surface area contributed by atoms with Crippen molar-refractivity contribution in [1.29, 1.82) is 0 Å². The largest absolute Gasteiger partial charge is 0.352 e. The Morgan fingerprint density at radius 2 is 1.90 bits per heavy atom. The van der Waals surface area contributed by atoms with E-state index in [1.165, 1.54) is 17.0 Å². The van der Waals surface area contributed by atoms with E-state index in [-0.39, 0.29) is 12.1 Å². The molecule has 1 saturated heterocycles. The third-order valence-electron chi connectivity index (χ3n) is 5.83. The van der Waals surface area contributed by atoms with E-state index < -0.39 is 0 Å². The highest BCUT2D eigenvalue weighted by atomic mass is 79.9. The average Bonchev–Trinajstić information content (AvgIpc) is 3.23. The molecule has 2 atom stereocenters. The van der Waals surface area contributed by atoms with Crippen LogP contribution < -0.4 is 5.32 Å². The first-order valence-corrected chi connectivity index (χ1v) is 11.6. The Kier molecular flexibility index (Phi) is 6.25. The Hall–Kier alpha value is -2.18. The smallest absolute Gasteiger partial charge is 0.170 e. The van der Waals surface area contributed by atoms with Crippen LogP contribution in [-0.2, 0) is 0 Å². The molecule has 30 heavy (non-hydrogen) atoms. The van der Waals surface area contributed by atoms with Crippen molar-refractivity contribution in [3.8, 4) is 5.69 Å². The van der Waals surface area contributed by atoms with Gasteiger partial charge < -0.3 is 14.8 Å². The lowest BCUT2D eigenvalue weighted by Gasteiger charge is -2.28. The van der Waals surface area contributed by atoms with Crippen molar-refractivity contribution < 1.29 is 0 Å². The molecular weight excluding hydrogens is 456 g/mol. The van der Waals surface area contributed by atoms with Crippen LogP contribution >= 0.6 is 28.1 Å². The number of thiocarbonyl (C=S) groups is 1. The van der Waals surface area contributed by atoms with Crippen molar-refractivity contribution >= 4 is 33.3 Å². The Morgan fingerprint density at radius 1 is 1.13 bits per heavy atom. The zero-order valence-electron chi connectivity index (χ0n) is 17.6. The Bertz CT molecular complexity index is 1050. The summed E-state index contributed by atoms with van der Waals surface area (Å²) in [5.41, 5.74) is 5.92. The van der Waals surface area contributed by atoms with Crippen molar-refractivity contribution in [2.45, 2.75) is 45.7 Å². The molecule has 1 aliphatic rings. The minimum atomic E-state index is 0.0312. The zero-order valence-corrected chi connectivity index (χ0v) is 20.0. The first-order chi connectivity index (χ1) is 14.5. The molecule has 4 nitrogen and oxygen atoms in total. The van der Waals surface area contributed by atoms with Crippen LogP contribution in [0, 0.1) is 13.8 Å². The second kappa shape index (κ2) is 8.90. The average molecular weight is 483 g/mol. The number of unbranched alkanes of at least 4 members (excludes halogenated alkanes) is 1. The fraction of sp³-hybridized carbons (Fsp3) is 0.333. The number of hydrogen-bond donors (Lipinski definition) is 1. The highest BCUT2D eigenvalue weighted by Gasteiger charge is 2.41. The summed E-state index contributed by atoms with van der Waals surface area (Å²) in [7, 11) is 0. The third kappa shape index (κ3) is 3.79. The summed E-state index contributed by atoms with van der Waals surface area (Å²) < 4.78 is 3.41. The molecule has 1 fully saturated rings. The molecule has 3 heterocycles. The standard InChI is InChI=1S/C24H27BrN4S/c1-4-5-14-28-23(22(27-24(28)30)20-11-8-9-13-26-20)18-15-16(2)29(17(18)3)21-12-7-6-10-19(21)25/h6-13,15,22-23H,4-5,14H2,1-3H3,(H,27,30)/t22-,23+/m0/s1. The quantitative estimate of drug-likeness (QED) is 0.435. The minimum Gasteiger partial charge on any atom is -0.352 e. The van der Waals surface area contributed by atoms with E-state index in [4.69, 9.17) is 12.2 Å². The molecule has 1 aromatic carbocycles. The van der Waals surface area contributed by atoms with E-state index in [0.717, 1.165) is 40.4 Å². The van der Waals surface area contributed by atoms with Crippen LogP contribution in [0.4, 0.5) is 0 Å². The normalized spacial score (nSPS) is 18.7. The first kappa shape index (κ1) is 21.1. The van der Waals surface area contributed by atoms with Gasteiger partial charge in [0.15, 0.2) is 5.11 Å². The number of halogens is 1. The molecule has 0 saturated carbocycles. The van der Waals surface area contributed by atoms with Crippen molar-refractivity contribution in [3.63, 3.8) is 0 Å². The Labute approximate surface area is 192 Å². The number of rotatable bonds is 6. The zero-order chi connectivity index (χ0) is 21.3. The number of nitrogens with zero attached hydrogens (tertiary/aromatic N) is 3. The van der Waals surface area contributed by atoms with Crippen LogP contribution in [0.25, 0.3) is 5.69 Å². The molecule has 0 unspecified atom stereocenters. The Morgan fingerprint density at radius 3 is 2.60 bits per heavy atom. The molecular formula is C24H27BrN4S. The van der Waals surface area contributed by atoms with Gasteiger partial charge in [-0.3, -0.25) is 4.98 Å². The molecule has 0 bridgehead atoms. The number of aryl methyl sites for hydroxylation is 1. The minimum absolute atomic E-state index is 0.0312. The van der Waals surface area contributed by atoms with Gasteiger partial charge in [-0.05, 0) is 84.3 Å². The fourth-order valence-electron chi connectivity index (χ4n) is 4.40. The van der Waals surface area contributed by atoms with Gasteiger partial charge in [0.2, 0.25) is 0 Å². The number of nitrogens with one attached hydrogen (secondary N) is 1. The summed E-state index contributed by atoms with van der Waals surface area (Å²) >= 11 is 9.50. The molecule has 0 radical (unpaired) electrons. The number of benzene rings is 1. The van der Waals surface area contributed by atoms with E-state index in [9.17, 15) is 0 Å². The van der Waals surface area contributed by atoms with Gasteiger partial charge in [0.25, 0.3) is 0 Å². The summed E-state index contributed by atoms with van der Waals surface area (Å²) in [6.45, 7) is 7.53. The van der Waals surface area contributed by atoms with Crippen LogP contribution in [0.2, 0.25) is 0 Å². The predicted molar refractivity (Wildman–Crippen MR) is 130 cm³/mol. The van der Waals surface area contributed by atoms with Crippen molar-refractivity contribution in [2.24, 2.45) is 0 Å². The van der Waals surface area contributed by atoms with Gasteiger partial charge in [-0.2, -0.15) is 0 Å². The lowest BCUT2D eigenvalue weighted by molar-refractivity contribution is 0.312. The van der Waals surface area contributed by atoms with Gasteiger partial charge in [-0.25, -0.2) is 0 Å². The maximum absolute atomic E-state index is 5.78. The molecule has 0 aliphatic carbocycles. The summed E-state index contributed by atoms with van der Waals surface area (Å²) in [6, 6.07) is 16.9. The Balaban J connectivity index is 1.83. The van der Waals surface area contributed by atoms with E-state index in [2.05, 4.69) is 86.8 Å². The number of aromatic nitrogens is 2. The number of para-hydroxylation sites is 1. The van der Waals surface area contributed by atoms with Gasteiger partial charge in [0, 0.05) is 28.6 Å². The van der Waals surface area contributed by atoms with Gasteiger partial charge in [-0.1, -0.05) is 31.5 Å². The van der Waals surface area contributed by atoms with E-state index >= 15 is 0 Å². The lowest BCUT2D eigenvalue weighted by Crippen LogP contribution is -2.30. The van der Waals surface area contributed by atoms with Crippen LogP contribution in [0.3, 0.4) is 0 Å². The van der Waals surface area contributed by atoms with Gasteiger partial charge >= 0.3 is 0 Å². The SMILES string of the molecule is CCCCN1C(=S)N[C@@H](c2ccccn2)[C@H]1c1cc(C)n(-c2ccccc2Br)c1C. The molecule has 0 amide bonds. The summed E-state index contributed by atoms with van der Waals surface area (Å²) in [5.74, 6) is 0. The van der Waals surface area contributed by atoms with Crippen LogP contribution in [-0.4, -0.2) is 26.1 Å². The van der Waals surface area contributed by atoms with Crippen molar-refractivity contribution in [3.05, 3.63) is 81.8 Å². The second-order valence-corrected chi connectivity index (χ2v) is 9.03. The highest BCUT2D eigenvalue weighted by molar-refractivity contribution is 9.10. The van der Waals surface area contributed by atoms with Crippen LogP contribution in [0.1, 0.15) is 54.5 Å². The summed E-state index contributed by atoms with van der Waals surface area (Å²) in [4.78, 5) is 7.01. The molecule has 156 valence electrons. The number of hydrogen-bond acceptors (Lipinski definition) is 2. The van der Waals surface area contributed by atoms with E-state index in [0.29, 0.717) is 0 Å². The first-order valence-electron chi connectivity index (χ1n) is 10.4. The fourth-order valence-corrected chi connectivity index (χ4v) is 5.20. The predicted octanol–water partition coefficient (Wildman–Crippen LogP) is 6.02. The second-order valence-electron chi connectivity index (χ2n) is 7.79. The molecule has 1 N–H and O–H groups in total. The maximum Gasteiger partial charge on any atom is 0.170 e. The van der Waals surface area contributed by atoms with Gasteiger partial charge in [-0.15, -0.1) is 0 Å². The molecule has 1 aliphatic heterocycles. The number of pyridine rings is 1. The third-order valence-corrected chi connectivity index (χ3v) is 6.86. The molecule has 3 aromatic rings. The summed E-state index contributed by atoms with van der Waals surface area (Å²) in [6.07, 6.45) is 4.10.